The van der Waals surface area contributed by atoms with E-state index in [4.69, 9.17) is 0 Å². The van der Waals surface area contributed by atoms with Crippen LogP contribution in [0.2, 0.25) is 0 Å². The first kappa shape index (κ1) is 16.5. The van der Waals surface area contributed by atoms with E-state index in [1.54, 1.807) is 0 Å². The van der Waals surface area contributed by atoms with Gasteiger partial charge in [-0.2, -0.15) is 0 Å². The molecule has 0 unspecified atom stereocenters. The highest BCUT2D eigenvalue weighted by Gasteiger charge is 2.29. The summed E-state index contributed by atoms with van der Waals surface area (Å²) in [6.07, 6.45) is 6.21. The molecular formula is C18H23BrN2O2. The summed E-state index contributed by atoms with van der Waals surface area (Å²) in [5.74, 6) is 0.301. The molecule has 1 N–H and O–H groups in total. The summed E-state index contributed by atoms with van der Waals surface area (Å²) in [5, 5.41) is 3.18. The number of benzene rings is 1. The van der Waals surface area contributed by atoms with Crippen molar-refractivity contribution in [1.29, 1.82) is 0 Å². The van der Waals surface area contributed by atoms with Gasteiger partial charge in [-0.1, -0.05) is 34.8 Å². The third-order valence-electron chi connectivity index (χ3n) is 4.93. The minimum Gasteiger partial charge on any atom is -0.353 e. The molecule has 23 heavy (non-hydrogen) atoms. The quantitative estimate of drug-likeness (QED) is 0.876. The minimum absolute atomic E-state index is 0.0564. The summed E-state index contributed by atoms with van der Waals surface area (Å²) in [6, 6.07) is 7.85. The number of carbonyl (C=O) groups is 2. The van der Waals surface area contributed by atoms with Crippen LogP contribution >= 0.6 is 15.9 Å². The molecule has 124 valence electrons. The van der Waals surface area contributed by atoms with E-state index in [1.807, 2.05) is 29.2 Å². The van der Waals surface area contributed by atoms with E-state index in [2.05, 4.69) is 21.2 Å². The number of piperidine rings is 1. The average Bonchev–Trinajstić information content (AvgIpc) is 3.07. The second-order valence-electron chi connectivity index (χ2n) is 6.57. The van der Waals surface area contributed by atoms with Gasteiger partial charge in [0.05, 0.1) is 0 Å². The topological polar surface area (TPSA) is 49.4 Å². The van der Waals surface area contributed by atoms with Gasteiger partial charge in [-0.25, -0.2) is 0 Å². The van der Waals surface area contributed by atoms with E-state index in [0.29, 0.717) is 24.7 Å². The summed E-state index contributed by atoms with van der Waals surface area (Å²) in [7, 11) is 0. The standard InChI is InChI=1S/C18H23BrN2O2/c19-15-5-3-4-14(12-15)18(23)21-10-8-13(9-11-21)17(22)20-16-6-1-2-7-16/h3-5,12-13,16H,1-2,6-11H2,(H,20,22). The van der Waals surface area contributed by atoms with E-state index in [0.717, 1.165) is 30.2 Å². The molecule has 1 aromatic carbocycles. The number of hydrogen-bond donors (Lipinski definition) is 1. The number of nitrogens with one attached hydrogen (secondary N) is 1. The highest BCUT2D eigenvalue weighted by molar-refractivity contribution is 9.10. The summed E-state index contributed by atoms with van der Waals surface area (Å²) < 4.78 is 0.911. The number of carbonyl (C=O) groups excluding carboxylic acids is 2. The van der Waals surface area contributed by atoms with Crippen molar-refractivity contribution in [3.63, 3.8) is 0 Å². The number of amides is 2. The zero-order chi connectivity index (χ0) is 16.2. The van der Waals surface area contributed by atoms with Gasteiger partial charge in [0.2, 0.25) is 5.91 Å². The fraction of sp³-hybridized carbons (Fsp3) is 0.556. The van der Waals surface area contributed by atoms with Crippen molar-refractivity contribution in [2.45, 2.75) is 44.6 Å². The van der Waals surface area contributed by atoms with Crippen LogP contribution in [0.25, 0.3) is 0 Å². The first-order valence-electron chi connectivity index (χ1n) is 8.49. The van der Waals surface area contributed by atoms with Crippen molar-refractivity contribution in [2.75, 3.05) is 13.1 Å². The van der Waals surface area contributed by atoms with Gasteiger partial charge in [0.15, 0.2) is 0 Å². The van der Waals surface area contributed by atoms with Gasteiger partial charge in [-0.15, -0.1) is 0 Å². The number of halogens is 1. The highest BCUT2D eigenvalue weighted by atomic mass is 79.9. The van der Waals surface area contributed by atoms with Crippen molar-refractivity contribution in [2.24, 2.45) is 5.92 Å². The summed E-state index contributed by atoms with van der Waals surface area (Å²) in [4.78, 5) is 26.7. The maximum atomic E-state index is 12.5. The summed E-state index contributed by atoms with van der Waals surface area (Å²) in [6.45, 7) is 1.32. The van der Waals surface area contributed by atoms with Crippen LogP contribution in [0.5, 0.6) is 0 Å². The smallest absolute Gasteiger partial charge is 0.253 e. The first-order chi connectivity index (χ1) is 11.1. The second-order valence-corrected chi connectivity index (χ2v) is 7.48. The Labute approximate surface area is 145 Å². The van der Waals surface area contributed by atoms with Gasteiger partial charge in [-0.3, -0.25) is 9.59 Å². The lowest BCUT2D eigenvalue weighted by Gasteiger charge is -2.32. The molecule has 1 aromatic rings. The SMILES string of the molecule is O=C(NC1CCCC1)C1CCN(C(=O)c2cccc(Br)c2)CC1. The Kier molecular flexibility index (Phi) is 5.36. The largest absolute Gasteiger partial charge is 0.353 e. The zero-order valence-corrected chi connectivity index (χ0v) is 14.8. The Bertz CT molecular complexity index is 576. The normalized spacial score (nSPS) is 19.8. The van der Waals surface area contributed by atoms with Gasteiger partial charge < -0.3 is 10.2 Å². The Morgan fingerprint density at radius 2 is 1.78 bits per heavy atom. The van der Waals surface area contributed by atoms with Crippen molar-refractivity contribution < 1.29 is 9.59 Å². The van der Waals surface area contributed by atoms with Gasteiger partial charge >= 0.3 is 0 Å². The van der Waals surface area contributed by atoms with Crippen LogP contribution in [-0.2, 0) is 4.79 Å². The third-order valence-corrected chi connectivity index (χ3v) is 5.42. The molecule has 3 rings (SSSR count). The molecule has 1 saturated heterocycles. The van der Waals surface area contributed by atoms with Crippen molar-refractivity contribution in [3.05, 3.63) is 34.3 Å². The van der Waals surface area contributed by atoms with Crippen LogP contribution in [0, 0.1) is 5.92 Å². The Hall–Kier alpha value is -1.36. The first-order valence-corrected chi connectivity index (χ1v) is 9.28. The highest BCUT2D eigenvalue weighted by Crippen LogP contribution is 2.23. The molecule has 0 radical (unpaired) electrons. The maximum absolute atomic E-state index is 12.5. The molecule has 1 saturated carbocycles. The van der Waals surface area contributed by atoms with Crippen LogP contribution in [0.1, 0.15) is 48.9 Å². The molecule has 2 aliphatic rings. The van der Waals surface area contributed by atoms with E-state index in [-0.39, 0.29) is 17.7 Å². The van der Waals surface area contributed by atoms with Gasteiger partial charge in [0.1, 0.15) is 0 Å². The molecule has 2 amide bonds. The van der Waals surface area contributed by atoms with Crippen molar-refractivity contribution >= 4 is 27.7 Å². The summed E-state index contributed by atoms with van der Waals surface area (Å²) in [5.41, 5.74) is 0.702. The van der Waals surface area contributed by atoms with Crippen molar-refractivity contribution in [1.82, 2.24) is 10.2 Å². The van der Waals surface area contributed by atoms with E-state index >= 15 is 0 Å². The van der Waals surface area contributed by atoms with Crippen LogP contribution in [0.4, 0.5) is 0 Å². The molecule has 1 aliphatic heterocycles. The third kappa shape index (κ3) is 4.14. The van der Waals surface area contributed by atoms with Gasteiger partial charge in [0, 0.05) is 35.1 Å². The lowest BCUT2D eigenvalue weighted by molar-refractivity contribution is -0.127. The molecule has 0 spiro atoms. The van der Waals surface area contributed by atoms with Crippen LogP contribution in [-0.4, -0.2) is 35.8 Å². The monoisotopic (exact) mass is 378 g/mol. The van der Waals surface area contributed by atoms with Crippen LogP contribution < -0.4 is 5.32 Å². The number of likely N-dealkylation sites (tertiary alicyclic amines) is 1. The van der Waals surface area contributed by atoms with Gasteiger partial charge in [0.25, 0.3) is 5.91 Å². The molecular weight excluding hydrogens is 356 g/mol. The molecule has 0 bridgehead atoms. The Morgan fingerprint density at radius 3 is 2.43 bits per heavy atom. The van der Waals surface area contributed by atoms with Crippen LogP contribution in [0.3, 0.4) is 0 Å². The second kappa shape index (κ2) is 7.47. The van der Waals surface area contributed by atoms with E-state index in [1.165, 1.54) is 12.8 Å². The van der Waals surface area contributed by atoms with Crippen LogP contribution in [0.15, 0.2) is 28.7 Å². The minimum atomic E-state index is 0.0564. The lowest BCUT2D eigenvalue weighted by Crippen LogP contribution is -2.44. The molecule has 0 atom stereocenters. The molecule has 1 aliphatic carbocycles. The molecule has 1 heterocycles. The Morgan fingerprint density at radius 1 is 1.09 bits per heavy atom. The van der Waals surface area contributed by atoms with Gasteiger partial charge in [-0.05, 0) is 43.9 Å². The van der Waals surface area contributed by atoms with Crippen molar-refractivity contribution in [3.8, 4) is 0 Å². The predicted molar refractivity (Wildman–Crippen MR) is 93.2 cm³/mol. The number of nitrogens with zero attached hydrogens (tertiary/aromatic N) is 1. The van der Waals surface area contributed by atoms with E-state index in [9.17, 15) is 9.59 Å². The molecule has 5 heteroatoms. The average molecular weight is 379 g/mol. The molecule has 4 nitrogen and oxygen atoms in total. The number of rotatable bonds is 3. The maximum Gasteiger partial charge on any atom is 0.253 e. The lowest BCUT2D eigenvalue weighted by atomic mass is 9.95. The number of hydrogen-bond acceptors (Lipinski definition) is 2. The molecule has 0 aromatic heterocycles. The fourth-order valence-electron chi connectivity index (χ4n) is 3.54. The zero-order valence-electron chi connectivity index (χ0n) is 13.3. The molecule has 2 fully saturated rings. The summed E-state index contributed by atoms with van der Waals surface area (Å²) >= 11 is 3.40. The Balaban J connectivity index is 1.51. The fourth-order valence-corrected chi connectivity index (χ4v) is 3.94. The van der Waals surface area contributed by atoms with E-state index < -0.39 is 0 Å². The predicted octanol–water partition coefficient (Wildman–Crippen LogP) is 3.36.